The standard InChI is InChI=1S/C21H26N4O6S/c1-4-25(11-19(26)22-15-5-6-16-17(10-15)30-8-7-29-16)20(27)12-32-14(3)21(28)23-18-9-13(2)31-24-18/h5-6,9-10,14H,4,7-8,11-12H2,1-3H3,(H,22,26)(H,23,24,28). The first-order chi connectivity index (χ1) is 15.4. The number of fused-ring (bicyclic) bond motifs is 1. The number of thioether (sulfide) groups is 1. The van der Waals surface area contributed by atoms with Crippen LogP contribution < -0.4 is 20.1 Å². The number of rotatable bonds is 9. The van der Waals surface area contributed by atoms with Gasteiger partial charge in [-0.05, 0) is 32.9 Å². The smallest absolute Gasteiger partial charge is 0.243 e. The maximum Gasteiger partial charge on any atom is 0.243 e. The molecule has 0 saturated carbocycles. The maximum absolute atomic E-state index is 12.6. The summed E-state index contributed by atoms with van der Waals surface area (Å²) < 4.78 is 15.9. The van der Waals surface area contributed by atoms with Gasteiger partial charge in [0, 0.05) is 24.4 Å². The summed E-state index contributed by atoms with van der Waals surface area (Å²) >= 11 is 1.19. The summed E-state index contributed by atoms with van der Waals surface area (Å²) in [7, 11) is 0. The number of hydrogen-bond acceptors (Lipinski definition) is 8. The highest BCUT2D eigenvalue weighted by molar-refractivity contribution is 8.01. The van der Waals surface area contributed by atoms with Gasteiger partial charge in [0.25, 0.3) is 0 Å². The summed E-state index contributed by atoms with van der Waals surface area (Å²) in [5.74, 6) is 1.35. The SMILES string of the molecule is CCN(CC(=O)Nc1ccc2c(c1)OCCO2)C(=O)CSC(C)C(=O)Nc1cc(C)on1. The average molecular weight is 463 g/mol. The molecule has 1 aromatic carbocycles. The summed E-state index contributed by atoms with van der Waals surface area (Å²) in [4.78, 5) is 38.7. The monoisotopic (exact) mass is 462 g/mol. The number of nitrogens with zero attached hydrogens (tertiary/aromatic N) is 2. The van der Waals surface area contributed by atoms with Gasteiger partial charge in [-0.15, -0.1) is 11.8 Å². The Balaban J connectivity index is 1.46. The number of anilines is 2. The Kier molecular flexibility index (Phi) is 7.98. The highest BCUT2D eigenvalue weighted by atomic mass is 32.2. The molecule has 0 saturated heterocycles. The van der Waals surface area contributed by atoms with E-state index in [0.717, 1.165) is 0 Å². The van der Waals surface area contributed by atoms with Crippen LogP contribution in [-0.2, 0) is 14.4 Å². The summed E-state index contributed by atoms with van der Waals surface area (Å²) in [6.45, 7) is 6.44. The Hall–Kier alpha value is -3.21. The Labute approximate surface area is 190 Å². The molecule has 1 atom stereocenters. The minimum atomic E-state index is -0.485. The Bertz CT molecular complexity index is 979. The molecule has 1 aliphatic rings. The number of hydrogen-bond donors (Lipinski definition) is 2. The first-order valence-electron chi connectivity index (χ1n) is 10.2. The fourth-order valence-corrected chi connectivity index (χ4v) is 3.67. The second kappa shape index (κ2) is 10.9. The lowest BCUT2D eigenvalue weighted by Crippen LogP contribution is -2.39. The largest absolute Gasteiger partial charge is 0.486 e. The molecular formula is C21H26N4O6S. The van der Waals surface area contributed by atoms with Crippen LogP contribution >= 0.6 is 11.8 Å². The first kappa shape index (κ1) is 23.5. The van der Waals surface area contributed by atoms with Gasteiger partial charge in [0.2, 0.25) is 17.7 Å². The van der Waals surface area contributed by atoms with Crippen molar-refractivity contribution in [2.75, 3.05) is 42.7 Å². The normalized spacial score (nSPS) is 13.2. The van der Waals surface area contributed by atoms with E-state index in [1.165, 1.54) is 16.7 Å². The second-order valence-corrected chi connectivity index (χ2v) is 8.41. The zero-order valence-corrected chi connectivity index (χ0v) is 19.0. The van der Waals surface area contributed by atoms with Gasteiger partial charge in [0.15, 0.2) is 17.3 Å². The number of aromatic nitrogens is 1. The van der Waals surface area contributed by atoms with Gasteiger partial charge in [-0.1, -0.05) is 5.16 Å². The molecule has 0 spiro atoms. The van der Waals surface area contributed by atoms with E-state index in [2.05, 4.69) is 15.8 Å². The van der Waals surface area contributed by atoms with Crippen LogP contribution in [0.15, 0.2) is 28.8 Å². The molecule has 2 aromatic rings. The molecule has 0 radical (unpaired) electrons. The molecule has 3 amide bonds. The van der Waals surface area contributed by atoms with Crippen LogP contribution in [0, 0.1) is 6.92 Å². The molecule has 32 heavy (non-hydrogen) atoms. The zero-order chi connectivity index (χ0) is 23.1. The van der Waals surface area contributed by atoms with E-state index in [4.69, 9.17) is 14.0 Å². The van der Waals surface area contributed by atoms with Gasteiger partial charge in [-0.25, -0.2) is 0 Å². The summed E-state index contributed by atoms with van der Waals surface area (Å²) in [5, 5.41) is 8.64. The number of amides is 3. The van der Waals surface area contributed by atoms with Crippen LogP contribution in [0.25, 0.3) is 0 Å². The molecule has 172 valence electrons. The molecule has 0 fully saturated rings. The highest BCUT2D eigenvalue weighted by Crippen LogP contribution is 2.32. The van der Waals surface area contributed by atoms with Crippen molar-refractivity contribution in [2.24, 2.45) is 0 Å². The van der Waals surface area contributed by atoms with Crippen molar-refractivity contribution >= 4 is 41.0 Å². The maximum atomic E-state index is 12.6. The Morgan fingerprint density at radius 1 is 1.16 bits per heavy atom. The van der Waals surface area contributed by atoms with Crippen LogP contribution in [0.4, 0.5) is 11.5 Å². The number of aryl methyl sites for hydroxylation is 1. The minimum absolute atomic E-state index is 0.0670. The van der Waals surface area contributed by atoms with Crippen molar-refractivity contribution in [1.29, 1.82) is 0 Å². The molecule has 0 bridgehead atoms. The fourth-order valence-electron chi connectivity index (χ4n) is 2.89. The van der Waals surface area contributed by atoms with Crippen LogP contribution in [0.2, 0.25) is 0 Å². The van der Waals surface area contributed by atoms with Crippen molar-refractivity contribution in [2.45, 2.75) is 26.0 Å². The van der Waals surface area contributed by atoms with Crippen LogP contribution in [0.5, 0.6) is 11.5 Å². The van der Waals surface area contributed by atoms with E-state index in [9.17, 15) is 14.4 Å². The molecule has 2 N–H and O–H groups in total. The van der Waals surface area contributed by atoms with Gasteiger partial charge in [-0.3, -0.25) is 14.4 Å². The van der Waals surface area contributed by atoms with Crippen molar-refractivity contribution < 1.29 is 28.4 Å². The number of benzene rings is 1. The van der Waals surface area contributed by atoms with E-state index in [1.54, 1.807) is 45.0 Å². The van der Waals surface area contributed by atoms with Gasteiger partial charge >= 0.3 is 0 Å². The fraction of sp³-hybridized carbons (Fsp3) is 0.429. The van der Waals surface area contributed by atoms with Gasteiger partial charge < -0.3 is 29.5 Å². The number of likely N-dealkylation sites (N-methyl/N-ethyl adjacent to an activating group) is 1. The van der Waals surface area contributed by atoms with E-state index in [0.29, 0.717) is 48.5 Å². The third kappa shape index (κ3) is 6.39. The third-order valence-electron chi connectivity index (χ3n) is 4.60. The van der Waals surface area contributed by atoms with Crippen molar-refractivity contribution in [3.8, 4) is 11.5 Å². The molecule has 10 nitrogen and oxygen atoms in total. The van der Waals surface area contributed by atoms with E-state index in [-0.39, 0.29) is 30.0 Å². The highest BCUT2D eigenvalue weighted by Gasteiger charge is 2.21. The van der Waals surface area contributed by atoms with Gasteiger partial charge in [-0.2, -0.15) is 0 Å². The number of carbonyl (C=O) groups is 3. The van der Waals surface area contributed by atoms with Crippen LogP contribution in [0.1, 0.15) is 19.6 Å². The Morgan fingerprint density at radius 3 is 2.59 bits per heavy atom. The molecule has 11 heteroatoms. The second-order valence-electron chi connectivity index (χ2n) is 7.08. The number of nitrogens with one attached hydrogen (secondary N) is 2. The lowest BCUT2D eigenvalue weighted by Gasteiger charge is -2.22. The first-order valence-corrected chi connectivity index (χ1v) is 11.2. The molecule has 1 aromatic heterocycles. The lowest BCUT2D eigenvalue weighted by atomic mass is 10.2. The van der Waals surface area contributed by atoms with E-state index < -0.39 is 5.25 Å². The minimum Gasteiger partial charge on any atom is -0.486 e. The van der Waals surface area contributed by atoms with Crippen molar-refractivity contribution in [3.63, 3.8) is 0 Å². The summed E-state index contributed by atoms with van der Waals surface area (Å²) in [6, 6.07) is 6.75. The predicted octanol–water partition coefficient (Wildman–Crippen LogP) is 2.30. The molecule has 3 rings (SSSR count). The van der Waals surface area contributed by atoms with Crippen molar-refractivity contribution in [1.82, 2.24) is 10.1 Å². The van der Waals surface area contributed by atoms with Gasteiger partial charge in [0.05, 0.1) is 17.5 Å². The van der Waals surface area contributed by atoms with E-state index >= 15 is 0 Å². The molecule has 1 unspecified atom stereocenters. The zero-order valence-electron chi connectivity index (χ0n) is 18.2. The Morgan fingerprint density at radius 2 is 1.91 bits per heavy atom. The summed E-state index contributed by atoms with van der Waals surface area (Å²) in [6.07, 6.45) is 0. The molecular weight excluding hydrogens is 436 g/mol. The number of carbonyl (C=O) groups excluding carboxylic acids is 3. The third-order valence-corrected chi connectivity index (χ3v) is 5.73. The van der Waals surface area contributed by atoms with Crippen LogP contribution in [0.3, 0.4) is 0 Å². The number of ether oxygens (including phenoxy) is 2. The predicted molar refractivity (Wildman–Crippen MR) is 120 cm³/mol. The topological polar surface area (TPSA) is 123 Å². The van der Waals surface area contributed by atoms with Crippen molar-refractivity contribution in [3.05, 3.63) is 30.0 Å². The van der Waals surface area contributed by atoms with Crippen LogP contribution in [-0.4, -0.2) is 65.1 Å². The average Bonchev–Trinajstić information content (AvgIpc) is 3.19. The lowest BCUT2D eigenvalue weighted by molar-refractivity contribution is -0.132. The van der Waals surface area contributed by atoms with E-state index in [1.807, 2.05) is 0 Å². The summed E-state index contributed by atoms with van der Waals surface area (Å²) in [5.41, 5.74) is 0.561. The molecule has 2 heterocycles. The quantitative estimate of drug-likeness (QED) is 0.582. The molecule has 1 aliphatic heterocycles. The van der Waals surface area contributed by atoms with Gasteiger partial charge in [0.1, 0.15) is 19.0 Å². The molecule has 0 aliphatic carbocycles.